The van der Waals surface area contributed by atoms with Gasteiger partial charge in [-0.15, -0.1) is 0 Å². The molecule has 0 aromatic heterocycles. The highest BCUT2D eigenvalue weighted by molar-refractivity contribution is 5.33. The predicted octanol–water partition coefficient (Wildman–Crippen LogP) is 2.44. The lowest BCUT2D eigenvalue weighted by molar-refractivity contribution is 0.147. The molecule has 0 heterocycles. The van der Waals surface area contributed by atoms with Gasteiger partial charge in [0, 0.05) is 0 Å². The number of hydrogen-bond donors (Lipinski definition) is 2. The lowest BCUT2D eigenvalue weighted by Crippen LogP contribution is -2.19. The molecule has 0 aliphatic heterocycles. The molecule has 4 nitrogen and oxygen atoms in total. The molecule has 0 spiro atoms. The van der Waals surface area contributed by atoms with E-state index < -0.39 is 12.1 Å². The van der Waals surface area contributed by atoms with E-state index in [9.17, 15) is 5.11 Å². The van der Waals surface area contributed by atoms with Gasteiger partial charge in [-0.05, 0) is 35.4 Å². The Kier molecular flexibility index (Phi) is 4.61. The van der Waals surface area contributed by atoms with Crippen LogP contribution in [0.2, 0.25) is 0 Å². The number of methoxy groups -OCH3 is 2. The van der Waals surface area contributed by atoms with Crippen LogP contribution in [0.5, 0.6) is 11.5 Å². The van der Waals surface area contributed by atoms with Crippen LogP contribution < -0.4 is 15.2 Å². The number of nitrogens with two attached hydrogens (primary N) is 1. The maximum atomic E-state index is 10.3. The lowest BCUT2D eigenvalue weighted by Gasteiger charge is -2.20. The van der Waals surface area contributed by atoms with E-state index in [4.69, 9.17) is 15.2 Å². The Morgan fingerprint density at radius 3 is 1.60 bits per heavy atom. The predicted molar refractivity (Wildman–Crippen MR) is 77.9 cm³/mol. The van der Waals surface area contributed by atoms with Crippen molar-refractivity contribution in [3.05, 3.63) is 59.7 Å². The van der Waals surface area contributed by atoms with Gasteiger partial charge in [-0.1, -0.05) is 24.3 Å². The van der Waals surface area contributed by atoms with Gasteiger partial charge in [0.25, 0.3) is 0 Å². The fraction of sp³-hybridized carbons (Fsp3) is 0.250. The van der Waals surface area contributed by atoms with Gasteiger partial charge >= 0.3 is 0 Å². The van der Waals surface area contributed by atoms with Gasteiger partial charge in [-0.25, -0.2) is 0 Å². The van der Waals surface area contributed by atoms with E-state index in [0.29, 0.717) is 0 Å². The highest BCUT2D eigenvalue weighted by Gasteiger charge is 2.18. The van der Waals surface area contributed by atoms with Crippen molar-refractivity contribution in [3.63, 3.8) is 0 Å². The van der Waals surface area contributed by atoms with Crippen molar-refractivity contribution in [1.29, 1.82) is 0 Å². The second-order valence-electron chi connectivity index (χ2n) is 4.52. The molecule has 0 amide bonds. The molecule has 2 aromatic rings. The van der Waals surface area contributed by atoms with E-state index in [2.05, 4.69) is 0 Å². The quantitative estimate of drug-likeness (QED) is 0.878. The summed E-state index contributed by atoms with van der Waals surface area (Å²) in [7, 11) is 3.22. The number of aliphatic hydroxyl groups excluding tert-OH is 1. The fourth-order valence-electron chi connectivity index (χ4n) is 2.02. The molecule has 0 unspecified atom stereocenters. The van der Waals surface area contributed by atoms with Crippen molar-refractivity contribution in [1.82, 2.24) is 0 Å². The Morgan fingerprint density at radius 1 is 0.800 bits per heavy atom. The molecular formula is C16H19NO3. The molecule has 0 fully saturated rings. The summed E-state index contributed by atoms with van der Waals surface area (Å²) in [5, 5.41) is 10.3. The van der Waals surface area contributed by atoms with Crippen LogP contribution in [0.3, 0.4) is 0 Å². The van der Waals surface area contributed by atoms with Gasteiger partial charge in [0.2, 0.25) is 0 Å². The zero-order chi connectivity index (χ0) is 14.5. The Morgan fingerprint density at radius 2 is 1.20 bits per heavy atom. The summed E-state index contributed by atoms with van der Waals surface area (Å²) in [6.07, 6.45) is -0.769. The first-order valence-corrected chi connectivity index (χ1v) is 6.37. The number of benzene rings is 2. The summed E-state index contributed by atoms with van der Waals surface area (Å²) in [6.45, 7) is 0. The molecule has 3 N–H and O–H groups in total. The Bertz CT molecular complexity index is 485. The molecule has 106 valence electrons. The summed E-state index contributed by atoms with van der Waals surface area (Å²) in [5.41, 5.74) is 7.72. The van der Waals surface area contributed by atoms with Crippen molar-refractivity contribution in [2.75, 3.05) is 14.2 Å². The van der Waals surface area contributed by atoms with E-state index >= 15 is 0 Å². The number of hydrogen-bond acceptors (Lipinski definition) is 4. The maximum Gasteiger partial charge on any atom is 0.118 e. The normalized spacial score (nSPS) is 13.6. The van der Waals surface area contributed by atoms with Crippen molar-refractivity contribution >= 4 is 0 Å². The van der Waals surface area contributed by atoms with E-state index in [1.165, 1.54) is 0 Å². The Balaban J connectivity index is 2.15. The molecule has 0 aliphatic carbocycles. The summed E-state index contributed by atoms with van der Waals surface area (Å²) < 4.78 is 10.2. The largest absolute Gasteiger partial charge is 0.497 e. The third-order valence-corrected chi connectivity index (χ3v) is 3.30. The minimum Gasteiger partial charge on any atom is -0.497 e. The topological polar surface area (TPSA) is 64.7 Å². The SMILES string of the molecule is COc1ccc([C@@H](O)[C@@H](N)c2ccc(OC)cc2)cc1. The molecule has 20 heavy (non-hydrogen) atoms. The standard InChI is InChI=1S/C16H19NO3/c1-19-13-7-3-11(4-8-13)15(17)16(18)12-5-9-14(20-2)10-6-12/h3-10,15-16,18H,17H2,1-2H3/t15-,16+/m0/s1. The number of ether oxygens (including phenoxy) is 2. The zero-order valence-electron chi connectivity index (χ0n) is 11.6. The Hall–Kier alpha value is -2.04. The third kappa shape index (κ3) is 3.10. The fourth-order valence-corrected chi connectivity index (χ4v) is 2.02. The van der Waals surface area contributed by atoms with Crippen LogP contribution in [-0.4, -0.2) is 19.3 Å². The first-order chi connectivity index (χ1) is 9.65. The molecule has 0 bridgehead atoms. The maximum absolute atomic E-state index is 10.3. The summed E-state index contributed by atoms with van der Waals surface area (Å²) in [6, 6.07) is 14.1. The molecular weight excluding hydrogens is 254 g/mol. The number of rotatable bonds is 5. The smallest absolute Gasteiger partial charge is 0.118 e. The number of aliphatic hydroxyl groups is 1. The van der Waals surface area contributed by atoms with Gasteiger partial charge in [0.1, 0.15) is 11.5 Å². The van der Waals surface area contributed by atoms with Gasteiger partial charge in [-0.2, -0.15) is 0 Å². The van der Waals surface area contributed by atoms with Gasteiger partial charge < -0.3 is 20.3 Å². The molecule has 2 rings (SSSR count). The molecule has 0 saturated heterocycles. The van der Waals surface area contributed by atoms with E-state index in [-0.39, 0.29) is 0 Å². The molecule has 2 aromatic carbocycles. The highest BCUT2D eigenvalue weighted by atomic mass is 16.5. The van der Waals surface area contributed by atoms with Crippen LogP contribution in [0, 0.1) is 0 Å². The van der Waals surface area contributed by atoms with E-state index in [1.807, 2.05) is 36.4 Å². The van der Waals surface area contributed by atoms with Crippen LogP contribution in [0.15, 0.2) is 48.5 Å². The first-order valence-electron chi connectivity index (χ1n) is 6.37. The average molecular weight is 273 g/mol. The van der Waals surface area contributed by atoms with E-state index in [0.717, 1.165) is 22.6 Å². The average Bonchev–Trinajstić information content (AvgIpc) is 2.53. The lowest BCUT2D eigenvalue weighted by atomic mass is 9.96. The van der Waals surface area contributed by atoms with Gasteiger partial charge in [0.05, 0.1) is 26.4 Å². The molecule has 2 atom stereocenters. The minimum atomic E-state index is -0.769. The monoisotopic (exact) mass is 273 g/mol. The van der Waals surface area contributed by atoms with Crippen molar-refractivity contribution in [3.8, 4) is 11.5 Å². The van der Waals surface area contributed by atoms with Crippen molar-refractivity contribution < 1.29 is 14.6 Å². The molecule has 0 saturated carbocycles. The van der Waals surface area contributed by atoms with Crippen LogP contribution in [0.1, 0.15) is 23.3 Å². The van der Waals surface area contributed by atoms with Crippen LogP contribution in [0.4, 0.5) is 0 Å². The summed E-state index contributed by atoms with van der Waals surface area (Å²) in [4.78, 5) is 0. The molecule has 0 aliphatic rings. The zero-order valence-corrected chi connectivity index (χ0v) is 11.6. The van der Waals surface area contributed by atoms with E-state index in [1.54, 1.807) is 26.4 Å². The summed E-state index contributed by atoms with van der Waals surface area (Å²) >= 11 is 0. The van der Waals surface area contributed by atoms with Gasteiger partial charge in [-0.3, -0.25) is 0 Å². The Labute approximate surface area is 118 Å². The second kappa shape index (κ2) is 6.41. The van der Waals surface area contributed by atoms with Crippen LogP contribution in [-0.2, 0) is 0 Å². The molecule has 0 radical (unpaired) electrons. The van der Waals surface area contributed by atoms with Crippen molar-refractivity contribution in [2.45, 2.75) is 12.1 Å². The molecule has 4 heteroatoms. The van der Waals surface area contributed by atoms with Crippen molar-refractivity contribution in [2.24, 2.45) is 5.73 Å². The minimum absolute atomic E-state index is 0.491. The summed E-state index contributed by atoms with van der Waals surface area (Å²) in [5.74, 6) is 1.51. The van der Waals surface area contributed by atoms with Crippen LogP contribution >= 0.6 is 0 Å². The highest BCUT2D eigenvalue weighted by Crippen LogP contribution is 2.28. The first kappa shape index (κ1) is 14.4. The second-order valence-corrected chi connectivity index (χ2v) is 4.52. The van der Waals surface area contributed by atoms with Crippen LogP contribution in [0.25, 0.3) is 0 Å². The van der Waals surface area contributed by atoms with Gasteiger partial charge in [0.15, 0.2) is 0 Å². The third-order valence-electron chi connectivity index (χ3n) is 3.30.